The van der Waals surface area contributed by atoms with Crippen LogP contribution in [-0.2, 0) is 6.42 Å². The highest BCUT2D eigenvalue weighted by Crippen LogP contribution is 2.46. The summed E-state index contributed by atoms with van der Waals surface area (Å²) in [5, 5.41) is 2.28. The Kier molecular flexibility index (Phi) is 5.73. The third-order valence-corrected chi connectivity index (χ3v) is 9.02. The molecule has 0 aliphatic carbocycles. The van der Waals surface area contributed by atoms with Crippen molar-refractivity contribution in [3.8, 4) is 5.69 Å². The lowest BCUT2D eigenvalue weighted by Crippen LogP contribution is -2.48. The fraction of sp³-hybridized carbons (Fsp3) is 0.360. The second kappa shape index (κ2) is 8.54. The number of piperazine rings is 1. The van der Waals surface area contributed by atoms with E-state index in [1.807, 2.05) is 29.7 Å². The zero-order valence-electron chi connectivity index (χ0n) is 18.6. The van der Waals surface area contributed by atoms with E-state index >= 15 is 0 Å². The molecule has 0 saturated carbocycles. The van der Waals surface area contributed by atoms with Gasteiger partial charge < -0.3 is 14.4 Å². The van der Waals surface area contributed by atoms with E-state index in [1.165, 1.54) is 15.3 Å². The maximum atomic E-state index is 13.7. The molecule has 32 heavy (non-hydrogen) atoms. The Bertz CT molecular complexity index is 1240. The van der Waals surface area contributed by atoms with Crippen molar-refractivity contribution >= 4 is 29.0 Å². The standard InChI is InChI=1S/C25H27N3O2S2/c1-16-8-13-31-24(16)22-15-19-23(25(30)27-11-9-26(3)10-12-27)20(29)14-17(2)28(19)18-6-4-5-7-21(18)32-22/h4-8,13-14,22H,9-12,15H2,1-3H3/t22-/m0/s1. The van der Waals surface area contributed by atoms with Gasteiger partial charge in [-0.1, -0.05) is 12.1 Å². The highest BCUT2D eigenvalue weighted by Gasteiger charge is 2.32. The van der Waals surface area contributed by atoms with Gasteiger partial charge >= 0.3 is 0 Å². The maximum Gasteiger partial charge on any atom is 0.259 e. The molecule has 1 fully saturated rings. The van der Waals surface area contributed by atoms with E-state index in [1.54, 1.807) is 17.4 Å². The molecule has 2 aliphatic rings. The lowest BCUT2D eigenvalue weighted by atomic mass is 10.0. The molecule has 3 aromatic rings. The van der Waals surface area contributed by atoms with Gasteiger partial charge in [0.1, 0.15) is 5.56 Å². The van der Waals surface area contributed by atoms with Gasteiger partial charge in [0.05, 0.1) is 5.69 Å². The van der Waals surface area contributed by atoms with Gasteiger partial charge in [0.2, 0.25) is 0 Å². The Balaban J connectivity index is 1.70. The predicted octanol–water partition coefficient (Wildman–Crippen LogP) is 4.29. The van der Waals surface area contributed by atoms with Crippen LogP contribution in [0.25, 0.3) is 5.69 Å². The molecule has 1 atom stereocenters. The monoisotopic (exact) mass is 465 g/mol. The number of pyridine rings is 1. The number of carbonyl (C=O) groups excluding carboxylic acids is 1. The quantitative estimate of drug-likeness (QED) is 0.566. The third kappa shape index (κ3) is 3.72. The van der Waals surface area contributed by atoms with Crippen molar-refractivity contribution in [1.82, 2.24) is 14.4 Å². The van der Waals surface area contributed by atoms with Crippen LogP contribution < -0.4 is 5.43 Å². The van der Waals surface area contributed by atoms with E-state index in [-0.39, 0.29) is 16.6 Å². The van der Waals surface area contributed by atoms with E-state index in [0.29, 0.717) is 25.1 Å². The minimum Gasteiger partial charge on any atom is -0.336 e. The summed E-state index contributed by atoms with van der Waals surface area (Å²) in [6, 6.07) is 12.1. The van der Waals surface area contributed by atoms with Crippen molar-refractivity contribution in [3.05, 3.63) is 79.4 Å². The number of likely N-dealkylation sites (N-methyl/N-ethyl adjacent to an activating group) is 1. The number of hydrogen-bond donors (Lipinski definition) is 0. The van der Waals surface area contributed by atoms with Gasteiger partial charge in [0, 0.05) is 65.1 Å². The van der Waals surface area contributed by atoms with E-state index in [2.05, 4.69) is 53.1 Å². The highest BCUT2D eigenvalue weighted by atomic mass is 32.2. The van der Waals surface area contributed by atoms with Crippen LogP contribution in [0.3, 0.4) is 0 Å². The first kappa shape index (κ1) is 21.5. The van der Waals surface area contributed by atoms with Crippen molar-refractivity contribution in [2.45, 2.75) is 30.4 Å². The van der Waals surface area contributed by atoms with Crippen molar-refractivity contribution in [3.63, 3.8) is 0 Å². The Morgan fingerprint density at radius 2 is 1.81 bits per heavy atom. The number of amides is 1. The summed E-state index contributed by atoms with van der Waals surface area (Å²) in [5.74, 6) is -0.127. The van der Waals surface area contributed by atoms with E-state index in [4.69, 9.17) is 0 Å². The maximum absolute atomic E-state index is 13.7. The number of hydrogen-bond acceptors (Lipinski definition) is 5. The molecule has 5 nitrogen and oxygen atoms in total. The molecular formula is C25H27N3O2S2. The van der Waals surface area contributed by atoms with Crippen molar-refractivity contribution in [1.29, 1.82) is 0 Å². The number of benzene rings is 1. The number of aromatic nitrogens is 1. The van der Waals surface area contributed by atoms with Crippen LogP contribution in [0, 0.1) is 13.8 Å². The zero-order chi connectivity index (χ0) is 22.4. The van der Waals surface area contributed by atoms with Gasteiger partial charge in [0.15, 0.2) is 5.43 Å². The van der Waals surface area contributed by atoms with Crippen LogP contribution in [-0.4, -0.2) is 53.5 Å². The molecular weight excluding hydrogens is 438 g/mol. The van der Waals surface area contributed by atoms with Crippen LogP contribution in [0.4, 0.5) is 0 Å². The largest absolute Gasteiger partial charge is 0.336 e. The normalized spacial score (nSPS) is 18.7. The number of carbonyl (C=O) groups is 1. The fourth-order valence-corrected chi connectivity index (χ4v) is 7.19. The van der Waals surface area contributed by atoms with Gasteiger partial charge in [0.25, 0.3) is 5.91 Å². The number of rotatable bonds is 2. The molecule has 0 N–H and O–H groups in total. The minimum atomic E-state index is -0.163. The Morgan fingerprint density at radius 3 is 2.53 bits per heavy atom. The summed E-state index contributed by atoms with van der Waals surface area (Å²) in [6.07, 6.45) is 0.645. The Hall–Kier alpha value is -2.35. The fourth-order valence-electron chi connectivity index (χ4n) is 4.69. The van der Waals surface area contributed by atoms with Crippen LogP contribution in [0.1, 0.15) is 37.4 Å². The molecule has 2 aliphatic heterocycles. The second-order valence-electron chi connectivity index (χ2n) is 8.65. The van der Waals surface area contributed by atoms with E-state index < -0.39 is 0 Å². The van der Waals surface area contributed by atoms with Crippen molar-refractivity contribution < 1.29 is 4.79 Å². The number of thioether (sulfide) groups is 1. The number of aryl methyl sites for hydroxylation is 2. The van der Waals surface area contributed by atoms with E-state index in [9.17, 15) is 9.59 Å². The first-order valence-corrected chi connectivity index (χ1v) is 12.7. The lowest BCUT2D eigenvalue weighted by molar-refractivity contribution is 0.0661. The van der Waals surface area contributed by atoms with Crippen molar-refractivity contribution in [2.75, 3.05) is 33.2 Å². The first-order valence-electron chi connectivity index (χ1n) is 11.0. The average molecular weight is 466 g/mol. The average Bonchev–Trinajstić information content (AvgIpc) is 3.12. The molecule has 166 valence electrons. The second-order valence-corrected chi connectivity index (χ2v) is 10.8. The molecule has 1 saturated heterocycles. The molecule has 2 aromatic heterocycles. The van der Waals surface area contributed by atoms with Gasteiger partial charge in [-0.05, 0) is 50.0 Å². The summed E-state index contributed by atoms with van der Waals surface area (Å²) >= 11 is 3.59. The highest BCUT2D eigenvalue weighted by molar-refractivity contribution is 7.99. The lowest BCUT2D eigenvalue weighted by Gasteiger charge is -2.33. The minimum absolute atomic E-state index is 0.127. The van der Waals surface area contributed by atoms with Crippen molar-refractivity contribution in [2.24, 2.45) is 0 Å². The summed E-state index contributed by atoms with van der Waals surface area (Å²) in [4.78, 5) is 33.5. The molecule has 1 amide bonds. The third-order valence-electron chi connectivity index (χ3n) is 6.45. The van der Waals surface area contributed by atoms with Gasteiger partial charge in [-0.2, -0.15) is 0 Å². The topological polar surface area (TPSA) is 45.6 Å². The van der Waals surface area contributed by atoms with Gasteiger partial charge in [-0.15, -0.1) is 23.1 Å². The van der Waals surface area contributed by atoms with Crippen LogP contribution in [0.2, 0.25) is 0 Å². The molecule has 0 bridgehead atoms. The van der Waals surface area contributed by atoms with Crippen LogP contribution in [0.5, 0.6) is 0 Å². The summed E-state index contributed by atoms with van der Waals surface area (Å²) < 4.78 is 2.15. The number of fused-ring (bicyclic) bond motifs is 3. The van der Waals surface area contributed by atoms with Crippen LogP contribution in [0.15, 0.2) is 51.5 Å². The molecule has 1 aromatic carbocycles. The smallest absolute Gasteiger partial charge is 0.259 e. The van der Waals surface area contributed by atoms with E-state index in [0.717, 1.165) is 30.2 Å². The molecule has 7 heteroatoms. The molecule has 0 unspecified atom stereocenters. The number of thiophene rings is 1. The molecule has 0 radical (unpaired) electrons. The summed E-state index contributed by atoms with van der Waals surface area (Å²) in [6.45, 7) is 7.07. The molecule has 0 spiro atoms. The SMILES string of the molecule is Cc1ccsc1[C@@H]1Cc2c(C(=O)N3CCN(C)CC3)c(=O)cc(C)n2-c2ccccc2S1. The van der Waals surface area contributed by atoms with Crippen LogP contribution >= 0.6 is 23.1 Å². The molecule has 4 heterocycles. The zero-order valence-corrected chi connectivity index (χ0v) is 20.3. The number of para-hydroxylation sites is 1. The number of nitrogens with zero attached hydrogens (tertiary/aromatic N) is 3. The van der Waals surface area contributed by atoms with Gasteiger partial charge in [-0.3, -0.25) is 9.59 Å². The Labute approximate surface area is 196 Å². The predicted molar refractivity (Wildman–Crippen MR) is 132 cm³/mol. The first-order chi connectivity index (χ1) is 15.4. The van der Waals surface area contributed by atoms with Gasteiger partial charge in [-0.25, -0.2) is 0 Å². The molecule has 5 rings (SSSR count). The Morgan fingerprint density at radius 1 is 1.06 bits per heavy atom. The summed E-state index contributed by atoms with van der Waals surface area (Å²) in [5.41, 5.74) is 4.21. The summed E-state index contributed by atoms with van der Waals surface area (Å²) in [7, 11) is 2.07.